The predicted octanol–water partition coefficient (Wildman–Crippen LogP) is 3.57. The summed E-state index contributed by atoms with van der Waals surface area (Å²) < 4.78 is 0. The van der Waals surface area contributed by atoms with Crippen molar-refractivity contribution in [3.05, 3.63) is 54.6 Å². The van der Waals surface area contributed by atoms with Crippen LogP contribution in [0.2, 0.25) is 0 Å². The van der Waals surface area contributed by atoms with Gasteiger partial charge in [0, 0.05) is 18.4 Å². The van der Waals surface area contributed by atoms with E-state index in [1.807, 2.05) is 54.6 Å². The highest BCUT2D eigenvalue weighted by molar-refractivity contribution is 6.16. The van der Waals surface area contributed by atoms with Crippen molar-refractivity contribution >= 4 is 34.6 Å². The van der Waals surface area contributed by atoms with Gasteiger partial charge in [0.2, 0.25) is 11.8 Å². The number of carbonyl (C=O) groups excluding carboxylic acids is 2. The summed E-state index contributed by atoms with van der Waals surface area (Å²) in [6.07, 6.45) is 2.64. The Labute approximate surface area is 152 Å². The molecule has 26 heavy (non-hydrogen) atoms. The van der Waals surface area contributed by atoms with Crippen molar-refractivity contribution in [2.75, 3.05) is 23.4 Å². The molecule has 0 bridgehead atoms. The summed E-state index contributed by atoms with van der Waals surface area (Å²) >= 11 is 0. The molecule has 1 unspecified atom stereocenters. The molecule has 1 aliphatic carbocycles. The van der Waals surface area contributed by atoms with Crippen LogP contribution in [-0.4, -0.2) is 31.1 Å². The highest BCUT2D eigenvalue weighted by atomic mass is 16.2. The third-order valence-corrected chi connectivity index (χ3v) is 5.14. The van der Waals surface area contributed by atoms with Crippen LogP contribution in [0, 0.1) is 5.92 Å². The molecule has 2 aromatic carbocycles. The standard InChI is InChI=1S/C21H21N3O2/c1-23(15-8-3-2-4-9-15)20(25)14-24-19-13-6-5-11-18(19)22-17-12-7-10-16(17)21(24)26/h2-6,8-9,11,13,16H,7,10,12,14H2,1H3. The van der Waals surface area contributed by atoms with E-state index in [9.17, 15) is 9.59 Å². The number of rotatable bonds is 3. The van der Waals surface area contributed by atoms with Crippen LogP contribution < -0.4 is 9.80 Å². The normalized spacial score (nSPS) is 18.7. The van der Waals surface area contributed by atoms with Crippen molar-refractivity contribution in [1.82, 2.24) is 0 Å². The number of amides is 2. The van der Waals surface area contributed by atoms with Crippen molar-refractivity contribution in [2.24, 2.45) is 10.9 Å². The highest BCUT2D eigenvalue weighted by Gasteiger charge is 2.37. The van der Waals surface area contributed by atoms with Crippen LogP contribution in [0.5, 0.6) is 0 Å². The molecular formula is C21H21N3O2. The van der Waals surface area contributed by atoms with Crippen LogP contribution in [-0.2, 0) is 9.59 Å². The SMILES string of the molecule is CN(C(=O)CN1C(=O)C2CCCC2=Nc2ccccc21)c1ccccc1. The summed E-state index contributed by atoms with van der Waals surface area (Å²) in [4.78, 5) is 34.0. The second kappa shape index (κ2) is 6.75. The number of aliphatic imine (C=N–C) groups is 1. The molecule has 0 aromatic heterocycles. The van der Waals surface area contributed by atoms with E-state index >= 15 is 0 Å². The Hall–Kier alpha value is -2.95. The fourth-order valence-corrected chi connectivity index (χ4v) is 3.68. The molecule has 4 rings (SSSR count). The third-order valence-electron chi connectivity index (χ3n) is 5.14. The van der Waals surface area contributed by atoms with E-state index in [1.54, 1.807) is 16.8 Å². The van der Waals surface area contributed by atoms with Gasteiger partial charge in [-0.15, -0.1) is 0 Å². The van der Waals surface area contributed by atoms with Crippen LogP contribution in [0.3, 0.4) is 0 Å². The number of fused-ring (bicyclic) bond motifs is 2. The number of nitrogens with zero attached hydrogens (tertiary/aromatic N) is 3. The Morgan fingerprint density at radius 1 is 1.15 bits per heavy atom. The highest BCUT2D eigenvalue weighted by Crippen LogP contribution is 2.37. The van der Waals surface area contributed by atoms with E-state index in [1.165, 1.54) is 0 Å². The number of carbonyl (C=O) groups is 2. The number of anilines is 2. The van der Waals surface area contributed by atoms with Gasteiger partial charge in [-0.3, -0.25) is 14.6 Å². The average molecular weight is 347 g/mol. The van der Waals surface area contributed by atoms with Gasteiger partial charge < -0.3 is 9.80 Å². The van der Waals surface area contributed by atoms with E-state index in [4.69, 9.17) is 4.99 Å². The Bertz CT molecular complexity index is 876. The first-order valence-electron chi connectivity index (χ1n) is 8.94. The molecule has 0 N–H and O–H groups in total. The molecule has 0 spiro atoms. The maximum atomic E-state index is 13.2. The zero-order valence-corrected chi connectivity index (χ0v) is 14.8. The summed E-state index contributed by atoms with van der Waals surface area (Å²) in [5, 5.41) is 0. The van der Waals surface area contributed by atoms with Gasteiger partial charge >= 0.3 is 0 Å². The largest absolute Gasteiger partial charge is 0.314 e. The van der Waals surface area contributed by atoms with E-state index in [0.29, 0.717) is 5.69 Å². The molecule has 1 aliphatic heterocycles. The third kappa shape index (κ3) is 2.90. The van der Waals surface area contributed by atoms with E-state index in [0.717, 1.165) is 36.3 Å². The molecule has 1 heterocycles. The first kappa shape index (κ1) is 16.5. The number of para-hydroxylation sites is 3. The number of benzene rings is 2. The van der Waals surface area contributed by atoms with Gasteiger partial charge in [-0.2, -0.15) is 0 Å². The first-order valence-corrected chi connectivity index (χ1v) is 8.94. The zero-order chi connectivity index (χ0) is 18.1. The summed E-state index contributed by atoms with van der Waals surface area (Å²) in [7, 11) is 1.74. The smallest absolute Gasteiger partial charge is 0.246 e. The molecule has 1 atom stereocenters. The van der Waals surface area contributed by atoms with Gasteiger partial charge in [0.25, 0.3) is 0 Å². The van der Waals surface area contributed by atoms with Crippen molar-refractivity contribution in [3.8, 4) is 0 Å². The van der Waals surface area contributed by atoms with Crippen LogP contribution in [0.15, 0.2) is 59.6 Å². The number of hydrogen-bond acceptors (Lipinski definition) is 3. The van der Waals surface area contributed by atoms with Crippen molar-refractivity contribution in [2.45, 2.75) is 19.3 Å². The second-order valence-corrected chi connectivity index (χ2v) is 6.75. The minimum absolute atomic E-state index is 0.0130. The number of hydrogen-bond donors (Lipinski definition) is 0. The van der Waals surface area contributed by atoms with Gasteiger partial charge in [-0.1, -0.05) is 30.3 Å². The lowest BCUT2D eigenvalue weighted by molar-refractivity contribution is -0.123. The van der Waals surface area contributed by atoms with Gasteiger partial charge in [-0.25, -0.2) is 0 Å². The first-order chi connectivity index (χ1) is 12.6. The van der Waals surface area contributed by atoms with Crippen molar-refractivity contribution in [3.63, 3.8) is 0 Å². The van der Waals surface area contributed by atoms with Crippen molar-refractivity contribution < 1.29 is 9.59 Å². The molecule has 2 aliphatic rings. The van der Waals surface area contributed by atoms with Gasteiger partial charge in [0.15, 0.2) is 0 Å². The second-order valence-electron chi connectivity index (χ2n) is 6.75. The van der Waals surface area contributed by atoms with E-state index in [-0.39, 0.29) is 24.3 Å². The lowest BCUT2D eigenvalue weighted by Gasteiger charge is -2.27. The van der Waals surface area contributed by atoms with Crippen LogP contribution in [0.25, 0.3) is 0 Å². The lowest BCUT2D eigenvalue weighted by Crippen LogP contribution is -2.44. The zero-order valence-electron chi connectivity index (χ0n) is 14.8. The fourth-order valence-electron chi connectivity index (χ4n) is 3.68. The quantitative estimate of drug-likeness (QED) is 0.852. The Balaban J connectivity index is 1.65. The summed E-state index contributed by atoms with van der Waals surface area (Å²) in [5.41, 5.74) is 3.25. The van der Waals surface area contributed by atoms with Crippen molar-refractivity contribution in [1.29, 1.82) is 0 Å². The van der Waals surface area contributed by atoms with Crippen LogP contribution >= 0.6 is 0 Å². The molecule has 0 saturated heterocycles. The minimum atomic E-state index is -0.197. The summed E-state index contributed by atoms with van der Waals surface area (Å²) in [6, 6.07) is 17.0. The molecule has 1 saturated carbocycles. The Morgan fingerprint density at radius 3 is 2.69 bits per heavy atom. The topological polar surface area (TPSA) is 53.0 Å². The predicted molar refractivity (Wildman–Crippen MR) is 103 cm³/mol. The summed E-state index contributed by atoms with van der Waals surface area (Å²) in [5.74, 6) is -0.334. The maximum absolute atomic E-state index is 13.2. The monoisotopic (exact) mass is 347 g/mol. The van der Waals surface area contributed by atoms with Gasteiger partial charge in [-0.05, 0) is 43.5 Å². The molecule has 2 amide bonds. The summed E-state index contributed by atoms with van der Waals surface area (Å²) in [6.45, 7) is 0.0144. The van der Waals surface area contributed by atoms with Crippen LogP contribution in [0.4, 0.5) is 17.1 Å². The molecule has 2 aromatic rings. The Morgan fingerprint density at radius 2 is 1.88 bits per heavy atom. The lowest BCUT2D eigenvalue weighted by atomic mass is 10.1. The molecule has 1 fully saturated rings. The van der Waals surface area contributed by atoms with Crippen LogP contribution in [0.1, 0.15) is 19.3 Å². The minimum Gasteiger partial charge on any atom is -0.314 e. The average Bonchev–Trinajstić information content (AvgIpc) is 3.10. The molecule has 5 nitrogen and oxygen atoms in total. The molecular weight excluding hydrogens is 326 g/mol. The maximum Gasteiger partial charge on any atom is 0.246 e. The van der Waals surface area contributed by atoms with E-state index in [2.05, 4.69) is 0 Å². The molecule has 5 heteroatoms. The van der Waals surface area contributed by atoms with E-state index < -0.39 is 0 Å². The Kier molecular flexibility index (Phi) is 4.29. The van der Waals surface area contributed by atoms with Gasteiger partial charge in [0.05, 0.1) is 17.3 Å². The molecule has 132 valence electrons. The molecule has 0 radical (unpaired) electrons. The fraction of sp³-hybridized carbons (Fsp3) is 0.286. The number of likely N-dealkylation sites (N-methyl/N-ethyl adjacent to an activating group) is 1. The van der Waals surface area contributed by atoms with Gasteiger partial charge in [0.1, 0.15) is 6.54 Å².